The number of benzene rings is 2. The fraction of sp³-hybridized carbons (Fsp3) is 0.273. The van der Waals surface area contributed by atoms with Gasteiger partial charge in [-0.1, -0.05) is 18.2 Å². The minimum absolute atomic E-state index is 0.0309. The fourth-order valence-corrected chi connectivity index (χ4v) is 3.65. The fourth-order valence-electron chi connectivity index (χ4n) is 3.65. The highest BCUT2D eigenvalue weighted by molar-refractivity contribution is 5.94. The molecular weight excluding hydrogens is 336 g/mol. The van der Waals surface area contributed by atoms with Crippen molar-refractivity contribution in [1.29, 1.82) is 0 Å². The van der Waals surface area contributed by atoms with Crippen LogP contribution in [-0.2, 0) is 6.54 Å². The van der Waals surface area contributed by atoms with E-state index in [1.807, 2.05) is 48.1 Å². The third-order valence-corrected chi connectivity index (χ3v) is 5.11. The van der Waals surface area contributed by atoms with Crippen molar-refractivity contribution < 1.29 is 4.79 Å². The second-order valence-corrected chi connectivity index (χ2v) is 7.00. The summed E-state index contributed by atoms with van der Waals surface area (Å²) in [4.78, 5) is 21.1. The number of carbonyl (C=O) groups is 1. The molecule has 5 heteroatoms. The Hall–Kier alpha value is -3.08. The molecule has 0 radical (unpaired) electrons. The summed E-state index contributed by atoms with van der Waals surface area (Å²) >= 11 is 0. The molecule has 0 N–H and O–H groups in total. The minimum Gasteiger partial charge on any atom is -0.371 e. The van der Waals surface area contributed by atoms with Crippen LogP contribution in [0.4, 0.5) is 5.69 Å². The topological polar surface area (TPSA) is 41.4 Å². The number of hydrogen-bond donors (Lipinski definition) is 0. The Kier molecular flexibility index (Phi) is 4.92. The molecule has 2 heterocycles. The normalized spacial score (nSPS) is 13.7. The Morgan fingerprint density at radius 1 is 1.07 bits per heavy atom. The van der Waals surface area contributed by atoms with Crippen LogP contribution in [0.15, 0.2) is 67.3 Å². The van der Waals surface area contributed by atoms with Crippen LogP contribution in [0.2, 0.25) is 0 Å². The molecule has 138 valence electrons. The SMILES string of the molecule is CN(Cc1ccccc1N1CCCC1)C(=O)c1ccc(-n2ccnc2)cc1. The number of nitrogens with zero attached hydrogens (tertiary/aromatic N) is 4. The molecule has 1 aliphatic rings. The van der Waals surface area contributed by atoms with E-state index in [0.717, 1.165) is 18.8 Å². The summed E-state index contributed by atoms with van der Waals surface area (Å²) in [5.74, 6) is 0.0309. The van der Waals surface area contributed by atoms with Gasteiger partial charge in [0.1, 0.15) is 0 Å². The summed E-state index contributed by atoms with van der Waals surface area (Å²) in [5, 5.41) is 0. The van der Waals surface area contributed by atoms with Crippen molar-refractivity contribution in [2.24, 2.45) is 0 Å². The van der Waals surface area contributed by atoms with Gasteiger partial charge in [-0.2, -0.15) is 0 Å². The molecule has 0 unspecified atom stereocenters. The Balaban J connectivity index is 1.48. The van der Waals surface area contributed by atoms with Crippen molar-refractivity contribution in [2.75, 3.05) is 25.0 Å². The van der Waals surface area contributed by atoms with Crippen molar-refractivity contribution in [1.82, 2.24) is 14.5 Å². The predicted molar refractivity (Wildman–Crippen MR) is 107 cm³/mol. The molecule has 0 bridgehead atoms. The zero-order valence-corrected chi connectivity index (χ0v) is 15.6. The van der Waals surface area contributed by atoms with Gasteiger partial charge in [0, 0.05) is 56.0 Å². The van der Waals surface area contributed by atoms with E-state index in [-0.39, 0.29) is 5.91 Å². The molecule has 1 saturated heterocycles. The molecule has 0 saturated carbocycles. The lowest BCUT2D eigenvalue weighted by atomic mass is 10.1. The molecule has 1 amide bonds. The van der Waals surface area contributed by atoms with Crippen LogP contribution in [-0.4, -0.2) is 40.5 Å². The van der Waals surface area contributed by atoms with E-state index >= 15 is 0 Å². The van der Waals surface area contributed by atoms with Crippen LogP contribution in [0.5, 0.6) is 0 Å². The number of para-hydroxylation sites is 1. The second kappa shape index (κ2) is 7.66. The van der Waals surface area contributed by atoms with E-state index in [9.17, 15) is 4.79 Å². The highest BCUT2D eigenvalue weighted by Gasteiger charge is 2.18. The first-order valence-corrected chi connectivity index (χ1v) is 9.39. The number of rotatable bonds is 5. The predicted octanol–water partition coefficient (Wildman–Crippen LogP) is 3.74. The van der Waals surface area contributed by atoms with E-state index in [4.69, 9.17) is 0 Å². The largest absolute Gasteiger partial charge is 0.371 e. The number of hydrogen-bond acceptors (Lipinski definition) is 3. The van der Waals surface area contributed by atoms with Gasteiger partial charge in [0.05, 0.1) is 6.33 Å². The van der Waals surface area contributed by atoms with E-state index in [1.165, 1.54) is 24.1 Å². The Morgan fingerprint density at radius 3 is 2.52 bits per heavy atom. The zero-order valence-electron chi connectivity index (χ0n) is 15.6. The van der Waals surface area contributed by atoms with Crippen molar-refractivity contribution in [3.8, 4) is 5.69 Å². The van der Waals surface area contributed by atoms with Crippen LogP contribution < -0.4 is 4.90 Å². The Labute approximate surface area is 159 Å². The van der Waals surface area contributed by atoms with Gasteiger partial charge in [0.15, 0.2) is 0 Å². The van der Waals surface area contributed by atoms with Gasteiger partial charge in [0.25, 0.3) is 5.91 Å². The Morgan fingerprint density at radius 2 is 1.81 bits per heavy atom. The summed E-state index contributed by atoms with van der Waals surface area (Å²) in [6.07, 6.45) is 7.86. The lowest BCUT2D eigenvalue weighted by Gasteiger charge is -2.24. The quantitative estimate of drug-likeness (QED) is 0.696. The van der Waals surface area contributed by atoms with Crippen LogP contribution in [0.1, 0.15) is 28.8 Å². The third-order valence-electron chi connectivity index (χ3n) is 5.11. The van der Waals surface area contributed by atoms with Gasteiger partial charge >= 0.3 is 0 Å². The monoisotopic (exact) mass is 360 g/mol. The maximum absolute atomic E-state index is 12.9. The van der Waals surface area contributed by atoms with E-state index < -0.39 is 0 Å². The number of amides is 1. The Bertz CT molecular complexity index is 896. The molecular formula is C22H24N4O. The summed E-state index contributed by atoms with van der Waals surface area (Å²) in [7, 11) is 1.87. The molecule has 1 aromatic heterocycles. The van der Waals surface area contributed by atoms with Crippen LogP contribution in [0.3, 0.4) is 0 Å². The maximum atomic E-state index is 12.9. The van der Waals surface area contributed by atoms with Crippen molar-refractivity contribution >= 4 is 11.6 Å². The summed E-state index contributed by atoms with van der Waals surface area (Å²) in [6.45, 7) is 2.81. The van der Waals surface area contributed by atoms with Gasteiger partial charge < -0.3 is 14.4 Å². The standard InChI is InChI=1S/C22H24N4O/c1-24(16-19-6-2-3-7-21(19)25-13-4-5-14-25)22(27)18-8-10-20(11-9-18)26-15-12-23-17-26/h2-3,6-12,15,17H,4-5,13-14,16H2,1H3. The van der Waals surface area contributed by atoms with E-state index in [0.29, 0.717) is 12.1 Å². The molecule has 0 spiro atoms. The highest BCUT2D eigenvalue weighted by Crippen LogP contribution is 2.25. The molecule has 2 aromatic carbocycles. The van der Waals surface area contributed by atoms with Gasteiger partial charge in [-0.15, -0.1) is 0 Å². The molecule has 27 heavy (non-hydrogen) atoms. The van der Waals surface area contributed by atoms with E-state index in [1.54, 1.807) is 17.4 Å². The third kappa shape index (κ3) is 3.72. The van der Waals surface area contributed by atoms with Gasteiger partial charge in [-0.25, -0.2) is 4.98 Å². The number of imidazole rings is 1. The zero-order chi connectivity index (χ0) is 18.6. The van der Waals surface area contributed by atoms with Crippen LogP contribution in [0, 0.1) is 0 Å². The summed E-state index contributed by atoms with van der Waals surface area (Å²) < 4.78 is 1.92. The average molecular weight is 360 g/mol. The highest BCUT2D eigenvalue weighted by atomic mass is 16.2. The molecule has 1 aliphatic heterocycles. The summed E-state index contributed by atoms with van der Waals surface area (Å²) in [5.41, 5.74) is 4.14. The molecule has 4 rings (SSSR count). The van der Waals surface area contributed by atoms with Crippen LogP contribution >= 0.6 is 0 Å². The lowest BCUT2D eigenvalue weighted by molar-refractivity contribution is 0.0785. The smallest absolute Gasteiger partial charge is 0.253 e. The molecule has 0 atom stereocenters. The first-order chi connectivity index (χ1) is 13.2. The van der Waals surface area contributed by atoms with Crippen LogP contribution in [0.25, 0.3) is 5.69 Å². The van der Waals surface area contributed by atoms with Gasteiger partial charge in [0.2, 0.25) is 0 Å². The first kappa shape index (κ1) is 17.3. The number of carbonyl (C=O) groups excluding carboxylic acids is 1. The number of aromatic nitrogens is 2. The van der Waals surface area contributed by atoms with Crippen molar-refractivity contribution in [3.05, 3.63) is 78.4 Å². The van der Waals surface area contributed by atoms with Crippen molar-refractivity contribution in [2.45, 2.75) is 19.4 Å². The molecule has 0 aliphatic carbocycles. The second-order valence-electron chi connectivity index (χ2n) is 7.00. The molecule has 1 fully saturated rings. The first-order valence-electron chi connectivity index (χ1n) is 9.39. The van der Waals surface area contributed by atoms with Crippen molar-refractivity contribution in [3.63, 3.8) is 0 Å². The lowest BCUT2D eigenvalue weighted by Crippen LogP contribution is -2.28. The minimum atomic E-state index is 0.0309. The molecule has 5 nitrogen and oxygen atoms in total. The molecule has 3 aromatic rings. The number of anilines is 1. The average Bonchev–Trinajstić information content (AvgIpc) is 3.42. The van der Waals surface area contributed by atoms with Gasteiger partial charge in [-0.3, -0.25) is 4.79 Å². The van der Waals surface area contributed by atoms with Gasteiger partial charge in [-0.05, 0) is 48.7 Å². The van der Waals surface area contributed by atoms with E-state index in [2.05, 4.69) is 28.1 Å². The summed E-state index contributed by atoms with van der Waals surface area (Å²) in [6, 6.07) is 16.1. The maximum Gasteiger partial charge on any atom is 0.253 e.